The maximum atomic E-state index is 5.72. The molecule has 0 amide bonds. The second-order valence-electron chi connectivity index (χ2n) is 6.05. The third kappa shape index (κ3) is 2.34. The summed E-state index contributed by atoms with van der Waals surface area (Å²) in [6.45, 7) is 2.15. The van der Waals surface area contributed by atoms with E-state index >= 15 is 0 Å². The molecule has 5 rings (SSSR count). The molecule has 5 nitrogen and oxygen atoms in total. The first-order chi connectivity index (χ1) is 11.9. The number of thiophene rings is 1. The molecule has 24 heavy (non-hydrogen) atoms. The number of hydrogen-bond acceptors (Lipinski definition) is 6. The van der Waals surface area contributed by atoms with Crippen LogP contribution in [0.2, 0.25) is 0 Å². The number of benzene rings is 1. The molecule has 6 heteroatoms. The molecule has 122 valence electrons. The van der Waals surface area contributed by atoms with Gasteiger partial charge in [0.1, 0.15) is 5.75 Å². The number of para-hydroxylation sites is 1. The van der Waals surface area contributed by atoms with Crippen molar-refractivity contribution in [3.8, 4) is 16.5 Å². The lowest BCUT2D eigenvalue weighted by Gasteiger charge is -2.23. The van der Waals surface area contributed by atoms with Crippen LogP contribution >= 0.6 is 11.3 Å². The summed E-state index contributed by atoms with van der Waals surface area (Å²) in [5.41, 5.74) is 2.38. The number of aromatic nitrogens is 2. The van der Waals surface area contributed by atoms with Crippen LogP contribution in [-0.4, -0.2) is 23.4 Å². The fraction of sp³-hybridized carbons (Fsp3) is 0.333. The predicted molar refractivity (Wildman–Crippen MR) is 89.4 cm³/mol. The lowest BCUT2D eigenvalue weighted by Crippen LogP contribution is -2.16. The Morgan fingerprint density at radius 1 is 1.17 bits per heavy atom. The molecule has 2 aromatic heterocycles. The number of hydrogen-bond donors (Lipinski definition) is 0. The lowest BCUT2D eigenvalue weighted by atomic mass is 9.92. The predicted octanol–water partition coefficient (Wildman–Crippen LogP) is 3.79. The van der Waals surface area contributed by atoms with E-state index in [9.17, 15) is 0 Å². The topological polar surface area (TPSA) is 57.4 Å². The maximum Gasteiger partial charge on any atom is 0.268 e. The van der Waals surface area contributed by atoms with E-state index in [1.807, 2.05) is 18.2 Å². The molecule has 0 saturated heterocycles. The van der Waals surface area contributed by atoms with Gasteiger partial charge in [-0.15, -0.1) is 11.3 Å². The summed E-state index contributed by atoms with van der Waals surface area (Å²) in [7, 11) is 0. The highest BCUT2D eigenvalue weighted by molar-refractivity contribution is 7.15. The number of nitrogens with zero attached hydrogens (tertiary/aromatic N) is 2. The van der Waals surface area contributed by atoms with Gasteiger partial charge in [0.15, 0.2) is 5.82 Å². The Morgan fingerprint density at radius 3 is 3.08 bits per heavy atom. The Balaban J connectivity index is 1.49. The first-order valence-corrected chi connectivity index (χ1v) is 8.95. The van der Waals surface area contributed by atoms with Gasteiger partial charge in [-0.1, -0.05) is 23.4 Å². The molecule has 0 N–H and O–H groups in total. The van der Waals surface area contributed by atoms with Gasteiger partial charge in [-0.3, -0.25) is 0 Å². The van der Waals surface area contributed by atoms with Gasteiger partial charge in [0.25, 0.3) is 5.89 Å². The molecular weight excluding hydrogens is 324 g/mol. The molecule has 4 heterocycles. The van der Waals surface area contributed by atoms with Crippen LogP contribution in [0, 0.1) is 0 Å². The van der Waals surface area contributed by atoms with Crippen LogP contribution in [0.15, 0.2) is 34.9 Å². The second kappa shape index (κ2) is 5.72. The van der Waals surface area contributed by atoms with Crippen molar-refractivity contribution >= 4 is 11.3 Å². The van der Waals surface area contributed by atoms with Crippen molar-refractivity contribution in [2.75, 3.05) is 13.2 Å². The third-order valence-corrected chi connectivity index (χ3v) is 5.78. The van der Waals surface area contributed by atoms with Crippen LogP contribution in [0.25, 0.3) is 10.8 Å². The van der Waals surface area contributed by atoms with Gasteiger partial charge in [-0.2, -0.15) is 4.98 Å². The normalized spacial score (nSPS) is 19.4. The van der Waals surface area contributed by atoms with Crippen LogP contribution in [0.5, 0.6) is 5.75 Å². The number of rotatable bonds is 2. The smallest absolute Gasteiger partial charge is 0.268 e. The largest absolute Gasteiger partial charge is 0.493 e. The van der Waals surface area contributed by atoms with Crippen molar-refractivity contribution in [3.05, 3.63) is 52.2 Å². The molecule has 0 radical (unpaired) electrons. The van der Waals surface area contributed by atoms with Gasteiger partial charge in [-0.25, -0.2) is 0 Å². The Hall–Kier alpha value is -2.18. The van der Waals surface area contributed by atoms with Crippen LogP contribution in [-0.2, 0) is 17.8 Å². The lowest BCUT2D eigenvalue weighted by molar-refractivity contribution is 0.112. The van der Waals surface area contributed by atoms with E-state index in [-0.39, 0.29) is 5.92 Å². The van der Waals surface area contributed by atoms with Gasteiger partial charge < -0.3 is 14.0 Å². The minimum absolute atomic E-state index is 0.130. The molecule has 2 aliphatic heterocycles. The molecule has 0 spiro atoms. The van der Waals surface area contributed by atoms with Gasteiger partial charge >= 0.3 is 0 Å². The van der Waals surface area contributed by atoms with Crippen LogP contribution in [0.4, 0.5) is 0 Å². The highest BCUT2D eigenvalue weighted by atomic mass is 32.1. The zero-order chi connectivity index (χ0) is 15.9. The molecule has 1 aromatic carbocycles. The van der Waals surface area contributed by atoms with Gasteiger partial charge in [-0.05, 0) is 24.1 Å². The summed E-state index contributed by atoms with van der Waals surface area (Å²) in [5.74, 6) is 2.39. The van der Waals surface area contributed by atoms with Crippen molar-refractivity contribution in [2.24, 2.45) is 0 Å². The first kappa shape index (κ1) is 14.2. The summed E-state index contributed by atoms with van der Waals surface area (Å²) < 4.78 is 16.8. The van der Waals surface area contributed by atoms with Gasteiger partial charge in [0.05, 0.1) is 30.6 Å². The average Bonchev–Trinajstić information content (AvgIpc) is 3.28. The molecular formula is C18H16N2O3S. The average molecular weight is 340 g/mol. The van der Waals surface area contributed by atoms with E-state index in [2.05, 4.69) is 22.3 Å². The number of fused-ring (bicyclic) bond motifs is 2. The zero-order valence-electron chi connectivity index (χ0n) is 13.0. The standard InChI is InChI=1S/C18H16N2O3S/c1-2-4-14-12(3-1)13(5-8-22-14)17-19-18(23-20-17)16-9-11-10-21-7-6-15(11)24-16/h1-4,9,13H,5-8,10H2. The maximum absolute atomic E-state index is 5.72. The van der Waals surface area contributed by atoms with Crippen molar-refractivity contribution in [1.82, 2.24) is 10.1 Å². The molecule has 1 atom stereocenters. The highest BCUT2D eigenvalue weighted by Crippen LogP contribution is 2.38. The molecule has 0 bridgehead atoms. The molecule has 2 aliphatic rings. The first-order valence-electron chi connectivity index (χ1n) is 8.13. The van der Waals surface area contributed by atoms with E-state index in [1.165, 1.54) is 10.4 Å². The minimum Gasteiger partial charge on any atom is -0.493 e. The molecule has 1 unspecified atom stereocenters. The molecule has 0 fully saturated rings. The molecule has 3 aromatic rings. The Morgan fingerprint density at radius 2 is 2.12 bits per heavy atom. The summed E-state index contributed by atoms with van der Waals surface area (Å²) >= 11 is 1.73. The van der Waals surface area contributed by atoms with Crippen LogP contribution in [0.1, 0.15) is 34.2 Å². The zero-order valence-corrected chi connectivity index (χ0v) is 13.8. The Kier molecular flexibility index (Phi) is 3.38. The number of ether oxygens (including phenoxy) is 2. The van der Waals surface area contributed by atoms with E-state index in [0.29, 0.717) is 19.1 Å². The third-order valence-electron chi connectivity index (χ3n) is 4.55. The van der Waals surface area contributed by atoms with Gasteiger partial charge in [0, 0.05) is 16.9 Å². The van der Waals surface area contributed by atoms with E-state index in [1.54, 1.807) is 11.3 Å². The van der Waals surface area contributed by atoms with Gasteiger partial charge in [0.2, 0.25) is 0 Å². The fourth-order valence-corrected chi connectivity index (χ4v) is 4.41. The van der Waals surface area contributed by atoms with E-state index < -0.39 is 0 Å². The fourth-order valence-electron chi connectivity index (χ4n) is 3.34. The summed E-state index contributed by atoms with van der Waals surface area (Å²) in [6.07, 6.45) is 1.83. The van der Waals surface area contributed by atoms with Crippen molar-refractivity contribution < 1.29 is 14.0 Å². The molecule has 0 aliphatic carbocycles. The van der Waals surface area contributed by atoms with E-state index in [0.717, 1.165) is 41.5 Å². The second-order valence-corrected chi connectivity index (χ2v) is 7.18. The molecule has 0 saturated carbocycles. The SMILES string of the molecule is c1ccc2c(c1)OCCC2c1noc(-c2cc3c(s2)CCOC3)n1. The van der Waals surface area contributed by atoms with Crippen LogP contribution < -0.4 is 4.74 Å². The van der Waals surface area contributed by atoms with Crippen molar-refractivity contribution in [1.29, 1.82) is 0 Å². The van der Waals surface area contributed by atoms with Crippen molar-refractivity contribution in [3.63, 3.8) is 0 Å². The monoisotopic (exact) mass is 340 g/mol. The summed E-state index contributed by atoms with van der Waals surface area (Å²) in [5, 5.41) is 4.26. The Bertz CT molecular complexity index is 863. The summed E-state index contributed by atoms with van der Waals surface area (Å²) in [4.78, 5) is 7.08. The van der Waals surface area contributed by atoms with E-state index in [4.69, 9.17) is 14.0 Å². The van der Waals surface area contributed by atoms with Crippen molar-refractivity contribution in [2.45, 2.75) is 25.4 Å². The summed E-state index contributed by atoms with van der Waals surface area (Å²) in [6, 6.07) is 10.2. The Labute approximate surface area is 143 Å². The minimum atomic E-state index is 0.130. The highest BCUT2D eigenvalue weighted by Gasteiger charge is 2.27. The quantitative estimate of drug-likeness (QED) is 0.710. The van der Waals surface area contributed by atoms with Crippen LogP contribution in [0.3, 0.4) is 0 Å².